The molecule has 1 amide bonds. The molecule has 0 saturated heterocycles. The van der Waals surface area contributed by atoms with Crippen LogP contribution in [-0.4, -0.2) is 32.4 Å². The zero-order valence-corrected chi connectivity index (χ0v) is 12.7. The van der Waals surface area contributed by atoms with Gasteiger partial charge in [0.05, 0.1) is 11.9 Å². The van der Waals surface area contributed by atoms with E-state index in [2.05, 4.69) is 20.6 Å². The second-order valence-electron chi connectivity index (χ2n) is 5.24. The zero-order valence-electron chi connectivity index (χ0n) is 12.7. The molecule has 0 aliphatic rings. The molecule has 1 unspecified atom stereocenters. The van der Waals surface area contributed by atoms with Gasteiger partial charge in [0.25, 0.3) is 0 Å². The molecule has 2 aromatic heterocycles. The summed E-state index contributed by atoms with van der Waals surface area (Å²) < 4.78 is 1.77. The molecule has 1 atom stereocenters. The summed E-state index contributed by atoms with van der Waals surface area (Å²) in [5.74, 6) is -0.172. The first-order valence-electron chi connectivity index (χ1n) is 7.01. The number of nitrogens with one attached hydrogen (secondary N) is 2. The van der Waals surface area contributed by atoms with Crippen molar-refractivity contribution in [2.24, 2.45) is 12.8 Å². The SMILES string of the molecule is Cc1n[nH]c(C)c1C(N)C(=O)NCCCc1cnn(C)c1. The molecule has 7 nitrogen and oxygen atoms in total. The van der Waals surface area contributed by atoms with Gasteiger partial charge in [0.1, 0.15) is 6.04 Å². The van der Waals surface area contributed by atoms with Gasteiger partial charge in [-0.25, -0.2) is 0 Å². The number of hydrogen-bond donors (Lipinski definition) is 3. The second kappa shape index (κ2) is 6.53. The predicted octanol–water partition coefficient (Wildman–Crippen LogP) is 0.509. The third-order valence-corrected chi connectivity index (χ3v) is 3.48. The lowest BCUT2D eigenvalue weighted by molar-refractivity contribution is -0.122. The van der Waals surface area contributed by atoms with Crippen LogP contribution in [0.2, 0.25) is 0 Å². The Morgan fingerprint density at radius 3 is 2.86 bits per heavy atom. The van der Waals surface area contributed by atoms with E-state index in [9.17, 15) is 4.79 Å². The van der Waals surface area contributed by atoms with Gasteiger partial charge in [0, 0.05) is 31.0 Å². The van der Waals surface area contributed by atoms with Crippen LogP contribution in [0.15, 0.2) is 12.4 Å². The monoisotopic (exact) mass is 290 g/mol. The molecule has 0 radical (unpaired) electrons. The molecule has 2 rings (SSSR count). The van der Waals surface area contributed by atoms with Crippen molar-refractivity contribution in [3.05, 3.63) is 34.9 Å². The van der Waals surface area contributed by atoms with Crippen molar-refractivity contribution in [3.63, 3.8) is 0 Å². The van der Waals surface area contributed by atoms with Gasteiger partial charge >= 0.3 is 0 Å². The highest BCUT2D eigenvalue weighted by Gasteiger charge is 2.21. The highest BCUT2D eigenvalue weighted by Crippen LogP contribution is 2.17. The Labute approximate surface area is 123 Å². The Kier molecular flexibility index (Phi) is 4.74. The molecule has 4 N–H and O–H groups in total. The summed E-state index contributed by atoms with van der Waals surface area (Å²) in [7, 11) is 1.89. The third kappa shape index (κ3) is 3.69. The lowest BCUT2D eigenvalue weighted by Gasteiger charge is -2.12. The largest absolute Gasteiger partial charge is 0.354 e. The first-order valence-corrected chi connectivity index (χ1v) is 7.01. The summed E-state index contributed by atoms with van der Waals surface area (Å²) in [5.41, 5.74) is 9.55. The molecule has 0 fully saturated rings. The minimum absolute atomic E-state index is 0.172. The summed E-state index contributed by atoms with van der Waals surface area (Å²) in [6.07, 6.45) is 5.55. The van der Waals surface area contributed by atoms with Crippen molar-refractivity contribution in [3.8, 4) is 0 Å². The predicted molar refractivity (Wildman–Crippen MR) is 79.5 cm³/mol. The van der Waals surface area contributed by atoms with E-state index in [0.29, 0.717) is 6.54 Å². The van der Waals surface area contributed by atoms with Crippen LogP contribution in [0.3, 0.4) is 0 Å². The quantitative estimate of drug-likeness (QED) is 0.675. The number of aromatic amines is 1. The molecule has 21 heavy (non-hydrogen) atoms. The summed E-state index contributed by atoms with van der Waals surface area (Å²) >= 11 is 0. The van der Waals surface area contributed by atoms with Gasteiger partial charge in [-0.3, -0.25) is 14.6 Å². The number of carbonyl (C=O) groups is 1. The van der Waals surface area contributed by atoms with Crippen LogP contribution in [0, 0.1) is 13.8 Å². The summed E-state index contributed by atoms with van der Waals surface area (Å²) in [6.45, 7) is 4.30. The van der Waals surface area contributed by atoms with Crippen LogP contribution in [0.25, 0.3) is 0 Å². The molecular formula is C14H22N6O. The van der Waals surface area contributed by atoms with Crippen LogP contribution in [0.1, 0.15) is 35.0 Å². The number of carbonyl (C=O) groups excluding carboxylic acids is 1. The number of amides is 1. The fourth-order valence-corrected chi connectivity index (χ4v) is 2.36. The van der Waals surface area contributed by atoms with Crippen LogP contribution in [-0.2, 0) is 18.3 Å². The first kappa shape index (κ1) is 15.2. The molecule has 2 aromatic rings. The van der Waals surface area contributed by atoms with E-state index in [-0.39, 0.29) is 5.91 Å². The lowest BCUT2D eigenvalue weighted by atomic mass is 10.1. The van der Waals surface area contributed by atoms with Gasteiger partial charge in [-0.1, -0.05) is 0 Å². The van der Waals surface area contributed by atoms with E-state index in [1.165, 1.54) is 0 Å². The number of rotatable bonds is 6. The maximum Gasteiger partial charge on any atom is 0.241 e. The molecule has 0 aliphatic heterocycles. The van der Waals surface area contributed by atoms with Crippen molar-refractivity contribution >= 4 is 5.91 Å². The van der Waals surface area contributed by atoms with E-state index in [0.717, 1.165) is 35.4 Å². The van der Waals surface area contributed by atoms with Crippen LogP contribution in [0.4, 0.5) is 0 Å². The summed E-state index contributed by atoms with van der Waals surface area (Å²) in [6, 6.07) is -0.679. The third-order valence-electron chi connectivity index (χ3n) is 3.48. The van der Waals surface area contributed by atoms with Crippen molar-refractivity contribution in [1.29, 1.82) is 0 Å². The van der Waals surface area contributed by atoms with Crippen LogP contribution < -0.4 is 11.1 Å². The zero-order chi connectivity index (χ0) is 15.4. The number of aromatic nitrogens is 4. The minimum Gasteiger partial charge on any atom is -0.354 e. The number of aryl methyl sites for hydroxylation is 4. The Hall–Kier alpha value is -2.15. The van der Waals surface area contributed by atoms with Crippen molar-refractivity contribution in [2.75, 3.05) is 6.54 Å². The Morgan fingerprint density at radius 1 is 1.52 bits per heavy atom. The highest BCUT2D eigenvalue weighted by molar-refractivity contribution is 5.83. The normalized spacial score (nSPS) is 12.4. The minimum atomic E-state index is -0.679. The van der Waals surface area contributed by atoms with E-state index in [1.807, 2.05) is 33.3 Å². The fourth-order valence-electron chi connectivity index (χ4n) is 2.36. The molecule has 0 bridgehead atoms. The first-order chi connectivity index (χ1) is 9.99. The second-order valence-corrected chi connectivity index (χ2v) is 5.24. The van der Waals surface area contributed by atoms with Gasteiger partial charge in [-0.05, 0) is 32.3 Å². The Bertz CT molecular complexity index is 595. The molecule has 0 aliphatic carbocycles. The molecule has 0 aromatic carbocycles. The average molecular weight is 290 g/mol. The molecule has 7 heteroatoms. The number of hydrogen-bond acceptors (Lipinski definition) is 4. The summed E-state index contributed by atoms with van der Waals surface area (Å²) in [5, 5.41) is 13.9. The standard InChI is InChI=1S/C14H22N6O/c1-9-12(10(2)19-18-9)13(15)14(21)16-6-4-5-11-7-17-20(3)8-11/h7-8,13H,4-6,15H2,1-3H3,(H,16,21)(H,18,19). The Balaban J connectivity index is 1.79. The number of nitrogens with two attached hydrogens (primary N) is 1. The average Bonchev–Trinajstić information content (AvgIpc) is 3.00. The van der Waals surface area contributed by atoms with Gasteiger partial charge in [0.2, 0.25) is 5.91 Å². The van der Waals surface area contributed by atoms with Gasteiger partial charge in [-0.15, -0.1) is 0 Å². The number of nitrogens with zero attached hydrogens (tertiary/aromatic N) is 3. The maximum atomic E-state index is 12.1. The molecule has 0 saturated carbocycles. The summed E-state index contributed by atoms with van der Waals surface area (Å²) in [4.78, 5) is 12.1. The van der Waals surface area contributed by atoms with E-state index in [4.69, 9.17) is 5.73 Å². The maximum absolute atomic E-state index is 12.1. The molecule has 114 valence electrons. The van der Waals surface area contributed by atoms with Crippen molar-refractivity contribution in [1.82, 2.24) is 25.3 Å². The molecule has 2 heterocycles. The molecule has 0 spiro atoms. The van der Waals surface area contributed by atoms with E-state index < -0.39 is 6.04 Å². The Morgan fingerprint density at radius 2 is 2.29 bits per heavy atom. The number of H-pyrrole nitrogens is 1. The smallest absolute Gasteiger partial charge is 0.241 e. The van der Waals surface area contributed by atoms with Crippen molar-refractivity contribution < 1.29 is 4.79 Å². The van der Waals surface area contributed by atoms with Crippen LogP contribution >= 0.6 is 0 Å². The fraction of sp³-hybridized carbons (Fsp3) is 0.500. The lowest BCUT2D eigenvalue weighted by Crippen LogP contribution is -2.35. The topological polar surface area (TPSA) is 102 Å². The van der Waals surface area contributed by atoms with Crippen LogP contribution in [0.5, 0.6) is 0 Å². The highest BCUT2D eigenvalue weighted by atomic mass is 16.2. The van der Waals surface area contributed by atoms with Crippen molar-refractivity contribution in [2.45, 2.75) is 32.7 Å². The van der Waals surface area contributed by atoms with E-state index >= 15 is 0 Å². The van der Waals surface area contributed by atoms with Gasteiger partial charge in [0.15, 0.2) is 0 Å². The van der Waals surface area contributed by atoms with Gasteiger partial charge < -0.3 is 11.1 Å². The molecular weight excluding hydrogens is 268 g/mol. The van der Waals surface area contributed by atoms with E-state index in [1.54, 1.807) is 4.68 Å². The van der Waals surface area contributed by atoms with Gasteiger partial charge in [-0.2, -0.15) is 10.2 Å².